The largest absolute Gasteiger partial charge is 0.0988 e. The SMILES string of the molecule is C=C/C(C)=C/C1CC2CC(C1C)C2(C)C. The minimum Gasteiger partial charge on any atom is -0.0988 e. The molecule has 84 valence electrons. The van der Waals surface area contributed by atoms with Crippen LogP contribution in [-0.2, 0) is 0 Å². The lowest BCUT2D eigenvalue weighted by Crippen LogP contribution is -2.54. The van der Waals surface area contributed by atoms with Crippen LogP contribution in [-0.4, -0.2) is 0 Å². The van der Waals surface area contributed by atoms with E-state index >= 15 is 0 Å². The highest BCUT2D eigenvalue weighted by molar-refractivity contribution is 5.18. The summed E-state index contributed by atoms with van der Waals surface area (Å²) in [7, 11) is 0. The zero-order valence-electron chi connectivity index (χ0n) is 10.6. The lowest BCUT2D eigenvalue weighted by molar-refractivity contribution is -0.118. The van der Waals surface area contributed by atoms with Crippen molar-refractivity contribution in [3.63, 3.8) is 0 Å². The van der Waals surface area contributed by atoms with Gasteiger partial charge >= 0.3 is 0 Å². The van der Waals surface area contributed by atoms with Crippen molar-refractivity contribution in [1.29, 1.82) is 0 Å². The summed E-state index contributed by atoms with van der Waals surface area (Å²) in [6, 6.07) is 0. The average Bonchev–Trinajstić information content (AvgIpc) is 2.19. The molecular weight excluding hydrogens is 180 g/mol. The standard InChI is InChI=1S/C15H24/c1-6-10(2)7-12-8-13-9-14(11(12)3)15(13,4)5/h6-7,11-14H,1,8-9H2,2-5H3/b10-7+. The quantitative estimate of drug-likeness (QED) is 0.583. The van der Waals surface area contributed by atoms with Crippen molar-refractivity contribution >= 4 is 0 Å². The molecule has 0 saturated heterocycles. The molecule has 3 aliphatic carbocycles. The lowest BCUT2D eigenvalue weighted by atomic mass is 9.43. The third-order valence-corrected chi connectivity index (χ3v) is 5.21. The van der Waals surface area contributed by atoms with Crippen LogP contribution in [0.5, 0.6) is 0 Å². The Morgan fingerprint density at radius 1 is 1.33 bits per heavy atom. The zero-order valence-corrected chi connectivity index (χ0v) is 10.6. The molecule has 3 aliphatic rings. The van der Waals surface area contributed by atoms with Gasteiger partial charge in [-0.1, -0.05) is 45.1 Å². The van der Waals surface area contributed by atoms with Crippen LogP contribution in [0.4, 0.5) is 0 Å². The maximum atomic E-state index is 3.84. The molecule has 0 aromatic heterocycles. The van der Waals surface area contributed by atoms with Gasteiger partial charge in [-0.15, -0.1) is 0 Å². The van der Waals surface area contributed by atoms with Crippen LogP contribution in [0.3, 0.4) is 0 Å². The van der Waals surface area contributed by atoms with E-state index in [0.717, 1.165) is 23.7 Å². The Kier molecular flexibility index (Phi) is 2.56. The Morgan fingerprint density at radius 3 is 2.47 bits per heavy atom. The minimum atomic E-state index is 0.617. The first kappa shape index (κ1) is 11.0. The van der Waals surface area contributed by atoms with Gasteiger partial charge in [-0.25, -0.2) is 0 Å². The number of fused-ring (bicyclic) bond motifs is 2. The third-order valence-electron chi connectivity index (χ3n) is 5.21. The summed E-state index contributed by atoms with van der Waals surface area (Å²) in [4.78, 5) is 0. The van der Waals surface area contributed by atoms with Gasteiger partial charge in [-0.2, -0.15) is 0 Å². The number of hydrogen-bond donors (Lipinski definition) is 0. The normalized spacial score (nSPS) is 43.3. The van der Waals surface area contributed by atoms with E-state index in [2.05, 4.69) is 40.3 Å². The van der Waals surface area contributed by atoms with Crippen LogP contribution in [0.25, 0.3) is 0 Å². The molecule has 0 N–H and O–H groups in total. The highest BCUT2D eigenvalue weighted by Gasteiger charge is 2.55. The summed E-state index contributed by atoms with van der Waals surface area (Å²) in [5, 5.41) is 0. The highest BCUT2D eigenvalue weighted by atomic mass is 14.6. The number of allylic oxidation sites excluding steroid dienone is 3. The first-order valence-electron chi connectivity index (χ1n) is 6.27. The first-order valence-corrected chi connectivity index (χ1v) is 6.27. The maximum absolute atomic E-state index is 3.84. The second-order valence-electron chi connectivity index (χ2n) is 6.23. The molecule has 4 unspecified atom stereocenters. The van der Waals surface area contributed by atoms with E-state index in [1.807, 2.05) is 6.08 Å². The molecule has 0 aliphatic heterocycles. The highest BCUT2D eigenvalue weighted by Crippen LogP contribution is 2.63. The summed E-state index contributed by atoms with van der Waals surface area (Å²) < 4.78 is 0. The molecule has 2 bridgehead atoms. The van der Waals surface area contributed by atoms with Gasteiger partial charge in [-0.05, 0) is 48.9 Å². The van der Waals surface area contributed by atoms with Crippen LogP contribution in [0.1, 0.15) is 40.5 Å². The number of rotatable bonds is 2. The summed E-state index contributed by atoms with van der Waals surface area (Å²) in [5.41, 5.74) is 1.97. The third kappa shape index (κ3) is 1.58. The fourth-order valence-corrected chi connectivity index (χ4v) is 3.82. The summed E-state index contributed by atoms with van der Waals surface area (Å²) in [6.07, 6.45) is 7.31. The van der Waals surface area contributed by atoms with Crippen LogP contribution < -0.4 is 0 Å². The van der Waals surface area contributed by atoms with Crippen molar-refractivity contribution in [2.24, 2.45) is 29.1 Å². The monoisotopic (exact) mass is 204 g/mol. The molecule has 0 aromatic carbocycles. The molecule has 3 fully saturated rings. The minimum absolute atomic E-state index is 0.617. The average molecular weight is 204 g/mol. The van der Waals surface area contributed by atoms with E-state index in [0.29, 0.717) is 5.41 Å². The van der Waals surface area contributed by atoms with Gasteiger partial charge in [0, 0.05) is 0 Å². The van der Waals surface area contributed by atoms with Crippen molar-refractivity contribution in [1.82, 2.24) is 0 Å². The second kappa shape index (κ2) is 3.50. The number of hydrogen-bond acceptors (Lipinski definition) is 0. The van der Waals surface area contributed by atoms with Crippen molar-refractivity contribution in [2.45, 2.75) is 40.5 Å². The molecule has 0 heterocycles. The van der Waals surface area contributed by atoms with Crippen molar-refractivity contribution in [3.8, 4) is 0 Å². The lowest BCUT2D eigenvalue weighted by Gasteiger charge is -2.62. The van der Waals surface area contributed by atoms with Gasteiger partial charge in [-0.3, -0.25) is 0 Å². The summed E-state index contributed by atoms with van der Waals surface area (Å²) >= 11 is 0. The van der Waals surface area contributed by atoms with Crippen molar-refractivity contribution in [2.75, 3.05) is 0 Å². The molecule has 15 heavy (non-hydrogen) atoms. The van der Waals surface area contributed by atoms with E-state index in [4.69, 9.17) is 0 Å². The molecule has 3 saturated carbocycles. The van der Waals surface area contributed by atoms with Gasteiger partial charge in [0.05, 0.1) is 0 Å². The van der Waals surface area contributed by atoms with E-state index in [1.54, 1.807) is 0 Å². The molecular formula is C15H24. The Bertz CT molecular complexity index is 295. The predicted molar refractivity (Wildman–Crippen MR) is 66.6 cm³/mol. The van der Waals surface area contributed by atoms with E-state index < -0.39 is 0 Å². The van der Waals surface area contributed by atoms with Gasteiger partial charge in [0.1, 0.15) is 0 Å². The van der Waals surface area contributed by atoms with E-state index in [-0.39, 0.29) is 0 Å². The van der Waals surface area contributed by atoms with Crippen molar-refractivity contribution in [3.05, 3.63) is 24.3 Å². The first-order chi connectivity index (χ1) is 6.96. The van der Waals surface area contributed by atoms with Crippen LogP contribution in [0.2, 0.25) is 0 Å². The predicted octanol–water partition coefficient (Wildman–Crippen LogP) is 4.44. The van der Waals surface area contributed by atoms with Gasteiger partial charge in [0.25, 0.3) is 0 Å². The van der Waals surface area contributed by atoms with Gasteiger partial charge in [0.2, 0.25) is 0 Å². The molecule has 0 aromatic rings. The van der Waals surface area contributed by atoms with Crippen molar-refractivity contribution < 1.29 is 0 Å². The van der Waals surface area contributed by atoms with E-state index in [1.165, 1.54) is 18.4 Å². The Morgan fingerprint density at radius 2 is 2.00 bits per heavy atom. The van der Waals surface area contributed by atoms with Crippen LogP contribution >= 0.6 is 0 Å². The molecule has 0 spiro atoms. The van der Waals surface area contributed by atoms with Gasteiger partial charge in [0.15, 0.2) is 0 Å². The Hall–Kier alpha value is -0.520. The topological polar surface area (TPSA) is 0 Å². The molecule has 0 amide bonds. The molecule has 0 nitrogen and oxygen atoms in total. The zero-order chi connectivity index (χ0) is 11.2. The van der Waals surface area contributed by atoms with Crippen LogP contribution in [0, 0.1) is 29.1 Å². The Balaban J connectivity index is 2.12. The molecule has 0 heteroatoms. The van der Waals surface area contributed by atoms with Crippen LogP contribution in [0.15, 0.2) is 24.3 Å². The maximum Gasteiger partial charge on any atom is -0.0196 e. The molecule has 4 atom stereocenters. The fraction of sp³-hybridized carbons (Fsp3) is 0.733. The molecule has 3 rings (SSSR count). The second-order valence-corrected chi connectivity index (χ2v) is 6.23. The summed E-state index contributed by atoms with van der Waals surface area (Å²) in [6.45, 7) is 13.4. The summed E-state index contributed by atoms with van der Waals surface area (Å²) in [5.74, 6) is 3.59. The molecule has 0 radical (unpaired) electrons. The van der Waals surface area contributed by atoms with E-state index in [9.17, 15) is 0 Å². The smallest absolute Gasteiger partial charge is 0.0196 e. The Labute approximate surface area is 94.5 Å². The fourth-order valence-electron chi connectivity index (χ4n) is 3.82. The van der Waals surface area contributed by atoms with Gasteiger partial charge < -0.3 is 0 Å².